The van der Waals surface area contributed by atoms with Crippen molar-refractivity contribution < 1.29 is 9.90 Å². The van der Waals surface area contributed by atoms with Gasteiger partial charge in [0.15, 0.2) is 0 Å². The number of hydrogen-bond acceptors (Lipinski definition) is 4. The number of benzene rings is 1. The molecule has 4 nitrogen and oxygen atoms in total. The number of carbonyl (C=O) groups is 1. The van der Waals surface area contributed by atoms with Crippen LogP contribution in [0.1, 0.15) is 31.2 Å². The molecule has 112 valence electrons. The lowest BCUT2D eigenvalue weighted by atomic mass is 9.76. The molecule has 2 aromatic rings. The zero-order valence-corrected chi connectivity index (χ0v) is 13.0. The van der Waals surface area contributed by atoms with Crippen molar-refractivity contribution in [1.82, 2.24) is 9.88 Å². The van der Waals surface area contributed by atoms with Crippen LogP contribution in [0.4, 0.5) is 0 Å². The molecular formula is C16H20N2O2S. The number of rotatable bonds is 4. The van der Waals surface area contributed by atoms with Crippen molar-refractivity contribution in [3.63, 3.8) is 0 Å². The second-order valence-corrected chi connectivity index (χ2v) is 6.91. The number of carboxylic acids is 1. The Morgan fingerprint density at radius 1 is 1.38 bits per heavy atom. The smallest absolute Gasteiger partial charge is 0.309 e. The highest BCUT2D eigenvalue weighted by molar-refractivity contribution is 7.18. The van der Waals surface area contributed by atoms with Crippen LogP contribution in [0, 0.1) is 5.41 Å². The number of carboxylic acid groups (broad SMARTS) is 1. The average Bonchev–Trinajstić information content (AvgIpc) is 2.90. The lowest BCUT2D eigenvalue weighted by Crippen LogP contribution is -2.43. The van der Waals surface area contributed by atoms with Gasteiger partial charge in [-0.15, -0.1) is 11.3 Å². The summed E-state index contributed by atoms with van der Waals surface area (Å²) in [6.07, 6.45) is 2.20. The molecule has 1 fully saturated rings. The minimum Gasteiger partial charge on any atom is -0.481 e. The lowest BCUT2D eigenvalue weighted by molar-refractivity contribution is -0.152. The zero-order chi connectivity index (χ0) is 14.9. The Morgan fingerprint density at radius 2 is 2.10 bits per heavy atom. The fraction of sp³-hybridized carbons (Fsp3) is 0.500. The van der Waals surface area contributed by atoms with Crippen molar-refractivity contribution in [2.75, 3.05) is 13.1 Å². The molecule has 1 N–H and O–H groups in total. The number of likely N-dealkylation sites (tertiary alicyclic amines) is 1. The first kappa shape index (κ1) is 14.5. The van der Waals surface area contributed by atoms with Crippen molar-refractivity contribution in [1.29, 1.82) is 0 Å². The Labute approximate surface area is 128 Å². The summed E-state index contributed by atoms with van der Waals surface area (Å²) in [5, 5.41) is 10.6. The molecular weight excluding hydrogens is 284 g/mol. The molecule has 0 radical (unpaired) electrons. The van der Waals surface area contributed by atoms with E-state index in [-0.39, 0.29) is 0 Å². The maximum atomic E-state index is 11.5. The minimum atomic E-state index is -0.635. The predicted molar refractivity (Wildman–Crippen MR) is 84.5 cm³/mol. The molecule has 0 spiro atoms. The Kier molecular flexibility index (Phi) is 3.95. The standard InChI is InChI=1S/C16H20N2O2S/c1-2-16(15(19)20)7-9-18(10-8-16)11-14-17-12-5-3-4-6-13(12)21-14/h3-6H,2,7-11H2,1H3,(H,19,20). The Morgan fingerprint density at radius 3 is 2.71 bits per heavy atom. The number of piperidine rings is 1. The zero-order valence-electron chi connectivity index (χ0n) is 12.2. The molecule has 0 unspecified atom stereocenters. The van der Waals surface area contributed by atoms with Gasteiger partial charge >= 0.3 is 5.97 Å². The number of thiazole rings is 1. The fourth-order valence-electron chi connectivity index (χ4n) is 3.04. The third-order valence-electron chi connectivity index (χ3n) is 4.64. The van der Waals surface area contributed by atoms with Gasteiger partial charge in [-0.25, -0.2) is 4.98 Å². The van der Waals surface area contributed by atoms with Crippen molar-refractivity contribution in [2.45, 2.75) is 32.7 Å². The van der Waals surface area contributed by atoms with E-state index in [2.05, 4.69) is 16.0 Å². The predicted octanol–water partition coefficient (Wildman–Crippen LogP) is 3.37. The van der Waals surface area contributed by atoms with Gasteiger partial charge in [0, 0.05) is 0 Å². The van der Waals surface area contributed by atoms with E-state index < -0.39 is 11.4 Å². The van der Waals surface area contributed by atoms with E-state index >= 15 is 0 Å². The van der Waals surface area contributed by atoms with E-state index in [4.69, 9.17) is 0 Å². The van der Waals surface area contributed by atoms with Crippen molar-refractivity contribution >= 4 is 27.5 Å². The largest absolute Gasteiger partial charge is 0.481 e. The molecule has 3 rings (SSSR count). The summed E-state index contributed by atoms with van der Waals surface area (Å²) in [4.78, 5) is 18.4. The topological polar surface area (TPSA) is 53.4 Å². The molecule has 1 saturated heterocycles. The fourth-order valence-corrected chi connectivity index (χ4v) is 4.05. The number of nitrogens with zero attached hydrogens (tertiary/aromatic N) is 2. The average molecular weight is 304 g/mol. The molecule has 21 heavy (non-hydrogen) atoms. The van der Waals surface area contributed by atoms with E-state index in [1.807, 2.05) is 25.1 Å². The molecule has 1 aliphatic rings. The van der Waals surface area contributed by atoms with Gasteiger partial charge in [0.25, 0.3) is 0 Å². The summed E-state index contributed by atoms with van der Waals surface area (Å²) in [6.45, 7) is 4.50. The van der Waals surface area contributed by atoms with Crippen LogP contribution in [0.15, 0.2) is 24.3 Å². The van der Waals surface area contributed by atoms with E-state index in [1.165, 1.54) is 4.70 Å². The number of aromatic nitrogens is 1. The normalized spacial score (nSPS) is 18.9. The summed E-state index contributed by atoms with van der Waals surface area (Å²) >= 11 is 1.73. The first-order chi connectivity index (χ1) is 10.1. The van der Waals surface area contributed by atoms with E-state index in [0.717, 1.165) is 49.4 Å². The summed E-state index contributed by atoms with van der Waals surface area (Å²) < 4.78 is 1.22. The summed E-state index contributed by atoms with van der Waals surface area (Å²) in [6, 6.07) is 8.18. The first-order valence-electron chi connectivity index (χ1n) is 7.43. The number of para-hydroxylation sites is 1. The van der Waals surface area contributed by atoms with E-state index in [0.29, 0.717) is 0 Å². The highest BCUT2D eigenvalue weighted by Gasteiger charge is 2.39. The van der Waals surface area contributed by atoms with E-state index in [1.54, 1.807) is 11.3 Å². The molecule has 0 amide bonds. The molecule has 0 aliphatic carbocycles. The summed E-state index contributed by atoms with van der Waals surface area (Å²) in [5.41, 5.74) is 0.548. The quantitative estimate of drug-likeness (QED) is 0.941. The second-order valence-electron chi connectivity index (χ2n) is 5.79. The molecule has 1 aromatic heterocycles. The van der Waals surface area contributed by atoms with Crippen LogP contribution in [0.25, 0.3) is 10.2 Å². The number of hydrogen-bond donors (Lipinski definition) is 1. The van der Waals surface area contributed by atoms with Crippen LogP contribution in [-0.2, 0) is 11.3 Å². The lowest BCUT2D eigenvalue weighted by Gasteiger charge is -2.37. The van der Waals surface area contributed by atoms with Crippen molar-refractivity contribution in [2.24, 2.45) is 5.41 Å². The molecule has 0 atom stereocenters. The van der Waals surface area contributed by atoms with Crippen LogP contribution in [0.2, 0.25) is 0 Å². The Balaban J connectivity index is 1.66. The SMILES string of the molecule is CCC1(C(=O)O)CCN(Cc2nc3ccccc3s2)CC1. The van der Waals surface area contributed by atoms with Crippen molar-refractivity contribution in [3.8, 4) is 0 Å². The van der Waals surface area contributed by atoms with Crippen molar-refractivity contribution in [3.05, 3.63) is 29.3 Å². The number of aliphatic carboxylic acids is 1. The van der Waals surface area contributed by atoms with Gasteiger partial charge in [0.05, 0.1) is 22.2 Å². The molecule has 0 saturated carbocycles. The van der Waals surface area contributed by atoms with Gasteiger partial charge in [-0.05, 0) is 44.5 Å². The molecule has 1 aromatic carbocycles. The maximum absolute atomic E-state index is 11.5. The van der Waals surface area contributed by atoms with Gasteiger partial charge < -0.3 is 5.11 Å². The molecule has 0 bridgehead atoms. The highest BCUT2D eigenvalue weighted by Crippen LogP contribution is 2.35. The minimum absolute atomic E-state index is 0.510. The highest BCUT2D eigenvalue weighted by atomic mass is 32.1. The van der Waals surface area contributed by atoms with Gasteiger partial charge in [-0.3, -0.25) is 9.69 Å². The maximum Gasteiger partial charge on any atom is 0.309 e. The monoisotopic (exact) mass is 304 g/mol. The molecule has 5 heteroatoms. The third kappa shape index (κ3) is 2.80. The van der Waals surface area contributed by atoms with Crippen LogP contribution >= 0.6 is 11.3 Å². The number of fused-ring (bicyclic) bond motifs is 1. The first-order valence-corrected chi connectivity index (χ1v) is 8.25. The summed E-state index contributed by atoms with van der Waals surface area (Å²) in [5.74, 6) is -0.635. The van der Waals surface area contributed by atoms with Crippen LogP contribution in [-0.4, -0.2) is 34.0 Å². The molecule has 2 heterocycles. The van der Waals surface area contributed by atoms with Crippen LogP contribution in [0.3, 0.4) is 0 Å². The second kappa shape index (κ2) is 5.73. The van der Waals surface area contributed by atoms with Gasteiger partial charge in [0.2, 0.25) is 0 Å². The molecule has 1 aliphatic heterocycles. The van der Waals surface area contributed by atoms with Crippen LogP contribution in [0.5, 0.6) is 0 Å². The van der Waals surface area contributed by atoms with Gasteiger partial charge in [-0.2, -0.15) is 0 Å². The Bertz CT molecular complexity index is 612. The van der Waals surface area contributed by atoms with Gasteiger partial charge in [0.1, 0.15) is 5.01 Å². The summed E-state index contributed by atoms with van der Waals surface area (Å²) in [7, 11) is 0. The van der Waals surface area contributed by atoms with Gasteiger partial charge in [-0.1, -0.05) is 19.1 Å². The van der Waals surface area contributed by atoms with Crippen LogP contribution < -0.4 is 0 Å². The Hall–Kier alpha value is -1.46. The third-order valence-corrected chi connectivity index (χ3v) is 5.66. The van der Waals surface area contributed by atoms with E-state index in [9.17, 15) is 9.90 Å².